The molecule has 3 N–H and O–H groups in total. The number of methoxy groups -OCH3 is 1. The van der Waals surface area contributed by atoms with Crippen molar-refractivity contribution in [3.63, 3.8) is 0 Å². The lowest BCUT2D eigenvalue weighted by Crippen LogP contribution is -2.43. The quantitative estimate of drug-likeness (QED) is 0.682. The van der Waals surface area contributed by atoms with E-state index in [4.69, 9.17) is 22.1 Å². The summed E-state index contributed by atoms with van der Waals surface area (Å²) < 4.78 is 6.17. The van der Waals surface area contributed by atoms with Crippen LogP contribution in [0.15, 0.2) is 9.59 Å². The summed E-state index contributed by atoms with van der Waals surface area (Å²) in [5.41, 5.74) is 4.55. The number of aromatic nitrogens is 2. The molecule has 0 saturated heterocycles. The molecule has 0 radical (unpaired) electrons. The summed E-state index contributed by atoms with van der Waals surface area (Å²) in [5, 5.41) is 0. The molecule has 0 aliphatic heterocycles. The number of nitrogens with zero attached hydrogens (tertiary/aromatic N) is 2. The zero-order valence-corrected chi connectivity index (χ0v) is 13.6. The van der Waals surface area contributed by atoms with Crippen LogP contribution in [0.5, 0.6) is 0 Å². The highest BCUT2D eigenvalue weighted by Crippen LogP contribution is 2.18. The number of nitrogens with two attached hydrogens (primary N) is 1. The minimum absolute atomic E-state index is 0.0583. The molecule has 9 heteroatoms. The molecule has 8 nitrogen and oxygen atoms in total. The van der Waals surface area contributed by atoms with Gasteiger partial charge in [0.1, 0.15) is 11.7 Å². The van der Waals surface area contributed by atoms with Crippen molar-refractivity contribution >= 4 is 29.0 Å². The number of ether oxygens (including phenoxy) is 1. The van der Waals surface area contributed by atoms with Gasteiger partial charge < -0.3 is 15.4 Å². The largest absolute Gasteiger partial charge is 0.383 e. The van der Waals surface area contributed by atoms with Crippen LogP contribution in [0.3, 0.4) is 0 Å². The van der Waals surface area contributed by atoms with Crippen LogP contribution in [0.1, 0.15) is 13.8 Å². The summed E-state index contributed by atoms with van der Waals surface area (Å²) in [6.45, 7) is 4.44. The Balaban J connectivity index is 3.45. The molecule has 0 aliphatic rings. The average Bonchev–Trinajstić information content (AvgIpc) is 2.45. The smallest absolute Gasteiger partial charge is 0.330 e. The number of amides is 1. The Morgan fingerprint density at radius 2 is 2.09 bits per heavy atom. The van der Waals surface area contributed by atoms with Gasteiger partial charge in [0.15, 0.2) is 5.69 Å². The molecule has 1 amide bonds. The van der Waals surface area contributed by atoms with E-state index in [1.807, 2.05) is 13.8 Å². The summed E-state index contributed by atoms with van der Waals surface area (Å²) >= 11 is 5.58. The van der Waals surface area contributed by atoms with Crippen molar-refractivity contribution in [3.8, 4) is 0 Å². The number of anilines is 2. The van der Waals surface area contributed by atoms with Crippen molar-refractivity contribution < 1.29 is 9.53 Å². The van der Waals surface area contributed by atoms with Crippen molar-refractivity contribution in [2.45, 2.75) is 20.4 Å². The predicted octanol–water partition coefficient (Wildman–Crippen LogP) is -0.00700. The van der Waals surface area contributed by atoms with Crippen molar-refractivity contribution in [2.24, 2.45) is 5.92 Å². The molecule has 0 aliphatic carbocycles. The maximum atomic E-state index is 12.1. The van der Waals surface area contributed by atoms with Crippen molar-refractivity contribution in [2.75, 3.05) is 36.8 Å². The Morgan fingerprint density at radius 3 is 2.59 bits per heavy atom. The molecule has 0 bridgehead atoms. The number of hydrogen-bond donors (Lipinski definition) is 2. The van der Waals surface area contributed by atoms with E-state index in [0.717, 1.165) is 4.90 Å². The molecule has 0 atom stereocenters. The fourth-order valence-corrected chi connectivity index (χ4v) is 2.14. The van der Waals surface area contributed by atoms with Gasteiger partial charge in [0.05, 0.1) is 6.61 Å². The Bertz CT molecular complexity index is 638. The summed E-state index contributed by atoms with van der Waals surface area (Å²) in [7, 11) is 1.47. The zero-order chi connectivity index (χ0) is 16.9. The second-order valence-electron chi connectivity index (χ2n) is 5.17. The highest BCUT2D eigenvalue weighted by Gasteiger charge is 2.23. The van der Waals surface area contributed by atoms with Gasteiger partial charge in [-0.25, -0.2) is 4.79 Å². The first-order chi connectivity index (χ1) is 10.3. The number of aromatic amines is 1. The van der Waals surface area contributed by atoms with Gasteiger partial charge in [-0.2, -0.15) is 0 Å². The summed E-state index contributed by atoms with van der Waals surface area (Å²) in [4.78, 5) is 39.3. The Labute approximate surface area is 132 Å². The van der Waals surface area contributed by atoms with Gasteiger partial charge in [-0.15, -0.1) is 11.6 Å². The van der Waals surface area contributed by atoms with Gasteiger partial charge >= 0.3 is 5.69 Å². The van der Waals surface area contributed by atoms with E-state index in [1.165, 1.54) is 11.7 Å². The molecule has 1 rings (SSSR count). The first kappa shape index (κ1) is 18.2. The van der Waals surface area contributed by atoms with Gasteiger partial charge in [0.2, 0.25) is 5.91 Å². The minimum Gasteiger partial charge on any atom is -0.383 e. The molecule has 22 heavy (non-hydrogen) atoms. The topological polar surface area (TPSA) is 110 Å². The second-order valence-corrected chi connectivity index (χ2v) is 5.44. The molecule has 0 fully saturated rings. The number of carbonyl (C=O) groups excluding carboxylic acids is 1. The van der Waals surface area contributed by atoms with E-state index < -0.39 is 17.2 Å². The van der Waals surface area contributed by atoms with E-state index in [-0.39, 0.29) is 36.5 Å². The minimum atomic E-state index is -0.725. The number of halogens is 1. The van der Waals surface area contributed by atoms with Crippen LogP contribution < -0.4 is 21.9 Å². The van der Waals surface area contributed by atoms with E-state index in [9.17, 15) is 14.4 Å². The monoisotopic (exact) mass is 332 g/mol. The number of rotatable bonds is 7. The highest BCUT2D eigenvalue weighted by molar-refractivity contribution is 6.29. The van der Waals surface area contributed by atoms with Gasteiger partial charge in [0.25, 0.3) is 5.56 Å². The number of nitrogen functional groups attached to an aromatic ring is 1. The summed E-state index contributed by atoms with van der Waals surface area (Å²) in [6.07, 6.45) is 0. The maximum absolute atomic E-state index is 12.1. The molecule has 1 aromatic heterocycles. The van der Waals surface area contributed by atoms with Crippen LogP contribution in [-0.4, -0.2) is 41.6 Å². The van der Waals surface area contributed by atoms with Gasteiger partial charge in [-0.05, 0) is 5.92 Å². The van der Waals surface area contributed by atoms with Gasteiger partial charge in [-0.1, -0.05) is 13.8 Å². The van der Waals surface area contributed by atoms with Gasteiger partial charge in [0, 0.05) is 20.2 Å². The molecule has 124 valence electrons. The number of nitrogens with one attached hydrogen (secondary N) is 1. The fourth-order valence-electron chi connectivity index (χ4n) is 2.00. The third-order valence-corrected chi connectivity index (χ3v) is 3.19. The van der Waals surface area contributed by atoms with Crippen LogP contribution in [0.25, 0.3) is 0 Å². The molecule has 0 spiro atoms. The SMILES string of the molecule is COCCN(C(=O)CCl)c1c(N)n(CC(C)C)c(=O)[nH]c1=O. The summed E-state index contributed by atoms with van der Waals surface area (Å²) in [5.74, 6) is -0.732. The first-order valence-corrected chi connectivity index (χ1v) is 7.34. The summed E-state index contributed by atoms with van der Waals surface area (Å²) in [6, 6.07) is 0. The fraction of sp³-hybridized carbons (Fsp3) is 0.615. The van der Waals surface area contributed by atoms with Crippen LogP contribution in [0, 0.1) is 5.92 Å². The number of H-pyrrole nitrogens is 1. The predicted molar refractivity (Wildman–Crippen MR) is 85.5 cm³/mol. The lowest BCUT2D eigenvalue weighted by Gasteiger charge is -2.23. The van der Waals surface area contributed by atoms with Crippen LogP contribution in [0.4, 0.5) is 11.5 Å². The van der Waals surface area contributed by atoms with E-state index >= 15 is 0 Å². The zero-order valence-electron chi connectivity index (χ0n) is 12.9. The average molecular weight is 333 g/mol. The standard InChI is InChI=1S/C13H21ClN4O4/c1-8(2)7-18-11(15)10(12(20)16-13(18)21)17(4-5-22-3)9(19)6-14/h8H,4-7,15H2,1-3H3,(H,16,20,21). The molecule has 0 unspecified atom stereocenters. The number of alkyl halides is 1. The molecular formula is C13H21ClN4O4. The van der Waals surface area contributed by atoms with E-state index in [1.54, 1.807) is 0 Å². The lowest BCUT2D eigenvalue weighted by atomic mass is 10.2. The van der Waals surface area contributed by atoms with E-state index in [0.29, 0.717) is 6.54 Å². The third-order valence-electron chi connectivity index (χ3n) is 2.97. The van der Waals surface area contributed by atoms with Crippen LogP contribution in [0.2, 0.25) is 0 Å². The number of hydrogen-bond acceptors (Lipinski definition) is 5. The van der Waals surface area contributed by atoms with Crippen molar-refractivity contribution in [3.05, 3.63) is 20.8 Å². The number of carbonyl (C=O) groups is 1. The normalized spacial score (nSPS) is 11.0. The maximum Gasteiger partial charge on any atom is 0.330 e. The molecule has 1 aromatic rings. The highest BCUT2D eigenvalue weighted by atomic mass is 35.5. The van der Waals surface area contributed by atoms with E-state index in [2.05, 4.69) is 4.98 Å². The Kier molecular flexibility index (Phi) is 6.63. The third kappa shape index (κ3) is 4.11. The van der Waals surface area contributed by atoms with Crippen LogP contribution >= 0.6 is 11.6 Å². The molecule has 0 aromatic carbocycles. The second kappa shape index (κ2) is 8.00. The molecule has 0 saturated carbocycles. The first-order valence-electron chi connectivity index (χ1n) is 6.81. The van der Waals surface area contributed by atoms with Crippen molar-refractivity contribution in [1.29, 1.82) is 0 Å². The van der Waals surface area contributed by atoms with Crippen LogP contribution in [-0.2, 0) is 16.1 Å². The molecule has 1 heterocycles. The Morgan fingerprint density at radius 1 is 1.45 bits per heavy atom. The molecular weight excluding hydrogens is 312 g/mol. The van der Waals surface area contributed by atoms with Crippen molar-refractivity contribution in [1.82, 2.24) is 9.55 Å². The Hall–Kier alpha value is -1.80. The lowest BCUT2D eigenvalue weighted by molar-refractivity contribution is -0.116. The van der Waals surface area contributed by atoms with Gasteiger partial charge in [-0.3, -0.25) is 19.1 Å².